The number of unbranched alkanes of at least 4 members (excludes halogenated alkanes) is 2. The quantitative estimate of drug-likeness (QED) is 0.521. The van der Waals surface area contributed by atoms with Gasteiger partial charge in [-0.3, -0.25) is 4.72 Å². The molecule has 0 unspecified atom stereocenters. The third-order valence-corrected chi connectivity index (χ3v) is 7.95. The van der Waals surface area contributed by atoms with Crippen LogP contribution < -0.4 is 9.46 Å². The molecular formula is C21H30N2O5S2. The maximum atomic E-state index is 13.0. The van der Waals surface area contributed by atoms with Gasteiger partial charge in [-0.15, -0.1) is 0 Å². The molecule has 0 bridgehead atoms. The first-order chi connectivity index (χ1) is 14.2. The number of anilines is 1. The van der Waals surface area contributed by atoms with Gasteiger partial charge in [0.15, 0.2) is 0 Å². The van der Waals surface area contributed by atoms with Crippen LogP contribution in [0.25, 0.3) is 0 Å². The molecule has 2 rings (SSSR count). The van der Waals surface area contributed by atoms with Crippen LogP contribution in [0.2, 0.25) is 0 Å². The molecule has 9 heteroatoms. The van der Waals surface area contributed by atoms with Crippen molar-refractivity contribution in [2.24, 2.45) is 0 Å². The lowest BCUT2D eigenvalue weighted by molar-refractivity contribution is 0.395. The summed E-state index contributed by atoms with van der Waals surface area (Å²) in [7, 11) is -5.91. The molecule has 0 saturated carbocycles. The zero-order valence-corrected chi connectivity index (χ0v) is 19.3. The number of hydrogen-bond donors (Lipinski definition) is 1. The van der Waals surface area contributed by atoms with E-state index in [9.17, 15) is 16.8 Å². The molecule has 0 saturated heterocycles. The lowest BCUT2D eigenvalue weighted by atomic mass is 10.3. The molecule has 7 nitrogen and oxygen atoms in total. The maximum Gasteiger partial charge on any atom is 0.261 e. The van der Waals surface area contributed by atoms with Crippen molar-refractivity contribution in [1.29, 1.82) is 0 Å². The number of nitrogens with one attached hydrogen (secondary N) is 1. The van der Waals surface area contributed by atoms with E-state index in [1.807, 2.05) is 13.8 Å². The van der Waals surface area contributed by atoms with E-state index in [2.05, 4.69) is 4.72 Å². The zero-order valence-electron chi connectivity index (χ0n) is 17.7. The van der Waals surface area contributed by atoms with Gasteiger partial charge in [0.25, 0.3) is 10.0 Å². The molecule has 30 heavy (non-hydrogen) atoms. The lowest BCUT2D eigenvalue weighted by Crippen LogP contribution is -2.33. The molecule has 166 valence electrons. The number of sulfonamides is 2. The Morgan fingerprint density at radius 1 is 0.800 bits per heavy atom. The number of hydrogen-bond acceptors (Lipinski definition) is 5. The molecule has 0 heterocycles. The van der Waals surface area contributed by atoms with Gasteiger partial charge in [-0.1, -0.05) is 26.7 Å². The molecule has 0 amide bonds. The minimum Gasteiger partial charge on any atom is -0.497 e. The summed E-state index contributed by atoms with van der Waals surface area (Å²) in [5, 5.41) is 0. The molecule has 1 N–H and O–H groups in total. The summed E-state index contributed by atoms with van der Waals surface area (Å²) in [6.07, 6.45) is 3.40. The normalized spacial score (nSPS) is 12.1. The summed E-state index contributed by atoms with van der Waals surface area (Å²) in [4.78, 5) is 0.243. The van der Waals surface area contributed by atoms with E-state index in [1.165, 1.54) is 47.8 Å². The average Bonchev–Trinajstić information content (AvgIpc) is 2.74. The van der Waals surface area contributed by atoms with E-state index < -0.39 is 20.0 Å². The third kappa shape index (κ3) is 6.20. The topological polar surface area (TPSA) is 92.8 Å². The highest BCUT2D eigenvalue weighted by molar-refractivity contribution is 7.92. The zero-order chi connectivity index (χ0) is 22.2. The molecule has 0 atom stereocenters. The molecule has 0 spiro atoms. The Hall–Kier alpha value is -2.10. The van der Waals surface area contributed by atoms with Crippen molar-refractivity contribution < 1.29 is 21.6 Å². The van der Waals surface area contributed by atoms with Crippen molar-refractivity contribution in [1.82, 2.24) is 4.31 Å². The van der Waals surface area contributed by atoms with Gasteiger partial charge in [-0.25, -0.2) is 16.8 Å². The van der Waals surface area contributed by atoms with E-state index in [1.54, 1.807) is 12.1 Å². The highest BCUT2D eigenvalue weighted by Gasteiger charge is 2.23. The molecule has 2 aromatic carbocycles. The van der Waals surface area contributed by atoms with Crippen LogP contribution in [0.15, 0.2) is 58.3 Å². The Bertz CT molecular complexity index is 994. The minimum absolute atomic E-state index is 0.0882. The van der Waals surface area contributed by atoms with Crippen molar-refractivity contribution in [2.75, 3.05) is 24.9 Å². The van der Waals surface area contributed by atoms with Crippen LogP contribution in [-0.2, 0) is 20.0 Å². The number of rotatable bonds is 12. The van der Waals surface area contributed by atoms with Crippen LogP contribution >= 0.6 is 0 Å². The number of methoxy groups -OCH3 is 1. The average molecular weight is 455 g/mol. The molecular weight excluding hydrogens is 424 g/mol. The van der Waals surface area contributed by atoms with Crippen molar-refractivity contribution in [3.05, 3.63) is 48.5 Å². The fourth-order valence-corrected chi connectivity index (χ4v) is 5.41. The Labute approximate surface area is 180 Å². The monoisotopic (exact) mass is 454 g/mol. The fourth-order valence-electron chi connectivity index (χ4n) is 2.83. The van der Waals surface area contributed by atoms with Crippen molar-refractivity contribution in [3.63, 3.8) is 0 Å². The van der Waals surface area contributed by atoms with Gasteiger partial charge in [0.1, 0.15) is 5.75 Å². The van der Waals surface area contributed by atoms with Crippen LogP contribution in [0.5, 0.6) is 5.75 Å². The summed E-state index contributed by atoms with van der Waals surface area (Å²) in [6.45, 7) is 5.00. The minimum atomic E-state index is -3.79. The van der Waals surface area contributed by atoms with Crippen LogP contribution in [-0.4, -0.2) is 41.3 Å². The van der Waals surface area contributed by atoms with Crippen molar-refractivity contribution in [2.45, 2.75) is 49.3 Å². The predicted octanol–water partition coefficient (Wildman–Crippen LogP) is 4.09. The Kier molecular flexibility index (Phi) is 8.69. The van der Waals surface area contributed by atoms with E-state index in [4.69, 9.17) is 4.74 Å². The largest absolute Gasteiger partial charge is 0.497 e. The molecule has 0 aromatic heterocycles. The van der Waals surface area contributed by atoms with Gasteiger partial charge in [-0.2, -0.15) is 4.31 Å². The summed E-state index contributed by atoms with van der Waals surface area (Å²) in [5.74, 6) is 0.555. The second-order valence-corrected chi connectivity index (χ2v) is 10.5. The Morgan fingerprint density at radius 2 is 1.30 bits per heavy atom. The first-order valence-corrected chi connectivity index (χ1v) is 12.9. The van der Waals surface area contributed by atoms with Gasteiger partial charge in [-0.05, 0) is 61.4 Å². The Balaban J connectivity index is 2.19. The van der Waals surface area contributed by atoms with Gasteiger partial charge < -0.3 is 4.74 Å². The fraction of sp³-hybridized carbons (Fsp3) is 0.429. The van der Waals surface area contributed by atoms with Gasteiger partial charge in [0.2, 0.25) is 10.0 Å². The predicted molar refractivity (Wildman–Crippen MR) is 119 cm³/mol. The standard InChI is InChI=1S/C21H30N2O5S2/c1-4-6-16-23(17-7-5-2)30(26,27)21-12-8-18(9-13-21)22-29(24,25)20-14-10-19(28-3)11-15-20/h8-15,22H,4-7,16-17H2,1-3H3. The molecule has 0 fully saturated rings. The van der Waals surface area contributed by atoms with Gasteiger partial charge in [0, 0.05) is 18.8 Å². The van der Waals surface area contributed by atoms with Gasteiger partial charge >= 0.3 is 0 Å². The third-order valence-electron chi connectivity index (χ3n) is 4.64. The smallest absolute Gasteiger partial charge is 0.261 e. The maximum absolute atomic E-state index is 13.0. The second-order valence-electron chi connectivity index (χ2n) is 6.92. The lowest BCUT2D eigenvalue weighted by Gasteiger charge is -2.22. The van der Waals surface area contributed by atoms with Gasteiger partial charge in [0.05, 0.1) is 16.9 Å². The molecule has 2 aromatic rings. The van der Waals surface area contributed by atoms with Crippen LogP contribution in [0.3, 0.4) is 0 Å². The summed E-state index contributed by atoms with van der Waals surface area (Å²) < 4.78 is 60.1. The second kappa shape index (κ2) is 10.8. The molecule has 0 aliphatic carbocycles. The number of benzene rings is 2. The number of nitrogens with zero attached hydrogens (tertiary/aromatic N) is 1. The molecule has 0 radical (unpaired) electrons. The van der Waals surface area contributed by atoms with Crippen LogP contribution in [0.1, 0.15) is 39.5 Å². The molecule has 0 aliphatic heterocycles. The first kappa shape index (κ1) is 24.2. The Morgan fingerprint density at radius 3 is 1.77 bits per heavy atom. The summed E-state index contributed by atoms with van der Waals surface area (Å²) >= 11 is 0. The van der Waals surface area contributed by atoms with E-state index in [0.29, 0.717) is 24.5 Å². The highest BCUT2D eigenvalue weighted by Crippen LogP contribution is 2.22. The van der Waals surface area contributed by atoms with Crippen LogP contribution in [0.4, 0.5) is 5.69 Å². The van der Waals surface area contributed by atoms with E-state index in [0.717, 1.165) is 25.7 Å². The number of ether oxygens (including phenoxy) is 1. The molecule has 0 aliphatic rings. The SMILES string of the molecule is CCCCN(CCCC)S(=O)(=O)c1ccc(NS(=O)(=O)c2ccc(OC)cc2)cc1. The summed E-state index contributed by atoms with van der Waals surface area (Å²) in [5.41, 5.74) is 0.290. The summed E-state index contributed by atoms with van der Waals surface area (Å²) in [6, 6.07) is 11.8. The van der Waals surface area contributed by atoms with Crippen molar-refractivity contribution >= 4 is 25.7 Å². The van der Waals surface area contributed by atoms with Crippen molar-refractivity contribution in [3.8, 4) is 5.75 Å². The highest BCUT2D eigenvalue weighted by atomic mass is 32.2. The van der Waals surface area contributed by atoms with Crippen LogP contribution in [0, 0.1) is 0 Å². The van der Waals surface area contributed by atoms with E-state index in [-0.39, 0.29) is 9.79 Å². The first-order valence-electron chi connectivity index (χ1n) is 10.0. The van der Waals surface area contributed by atoms with E-state index >= 15 is 0 Å².